The number of benzene rings is 4. The second-order valence-electron chi connectivity index (χ2n) is 9.07. The summed E-state index contributed by atoms with van der Waals surface area (Å²) in [5, 5.41) is 21.1. The highest BCUT2D eigenvalue weighted by molar-refractivity contribution is 7.86. The molecule has 0 heterocycles. The third kappa shape index (κ3) is 5.58. The van der Waals surface area contributed by atoms with Crippen LogP contribution in [0.5, 0.6) is 11.5 Å². The highest BCUT2D eigenvalue weighted by atomic mass is 32.2. The fourth-order valence-corrected chi connectivity index (χ4v) is 5.52. The number of aromatic hydroxyl groups is 2. The summed E-state index contributed by atoms with van der Waals surface area (Å²) in [6.45, 7) is 3.89. The van der Waals surface area contributed by atoms with E-state index in [1.54, 1.807) is 6.92 Å². The molecule has 0 radical (unpaired) electrons. The van der Waals surface area contributed by atoms with Crippen LogP contribution in [-0.2, 0) is 20.2 Å². The Hall–Kier alpha value is -3.70. The fourth-order valence-electron chi connectivity index (χ4n) is 4.37. The molecule has 2 unspecified atom stereocenters. The molecule has 4 rings (SSSR count). The molecular weight excluding hydrogens is 528 g/mol. The molecule has 2 atom stereocenters. The van der Waals surface area contributed by atoms with Crippen LogP contribution in [0.2, 0.25) is 0 Å². The van der Waals surface area contributed by atoms with Gasteiger partial charge in [-0.15, -0.1) is 0 Å². The molecule has 0 amide bonds. The van der Waals surface area contributed by atoms with Crippen molar-refractivity contribution in [1.82, 2.24) is 0 Å². The monoisotopic (exact) mass is 554 g/mol. The van der Waals surface area contributed by atoms with Crippen LogP contribution in [0.25, 0.3) is 11.1 Å². The van der Waals surface area contributed by atoms with Crippen LogP contribution in [-0.4, -0.2) is 36.2 Å². The van der Waals surface area contributed by atoms with Gasteiger partial charge in [-0.25, -0.2) is 0 Å². The Morgan fingerprint density at radius 3 is 1.63 bits per heavy atom. The predicted molar refractivity (Wildman–Crippen MR) is 143 cm³/mol. The summed E-state index contributed by atoms with van der Waals surface area (Å²) in [7, 11) is -9.56. The average Bonchev–Trinajstić information content (AvgIpc) is 2.87. The molecule has 0 aromatic heterocycles. The van der Waals surface area contributed by atoms with Gasteiger partial charge in [0.1, 0.15) is 16.4 Å². The molecule has 8 nitrogen and oxygen atoms in total. The van der Waals surface area contributed by atoms with Crippen molar-refractivity contribution in [2.24, 2.45) is 0 Å². The van der Waals surface area contributed by atoms with E-state index in [9.17, 15) is 36.2 Å². The van der Waals surface area contributed by atoms with Gasteiger partial charge >= 0.3 is 0 Å². The quantitative estimate of drug-likeness (QED) is 0.217. The smallest absolute Gasteiger partial charge is 0.298 e. The first-order valence-corrected chi connectivity index (χ1v) is 14.5. The van der Waals surface area contributed by atoms with Gasteiger partial charge in [0.25, 0.3) is 20.2 Å². The SMILES string of the molecule is CC(c1ccccc1)c1ccc(C(C)c2cc(-c3cc(S(=O)(=O)O)ccc3O)c(O)c(S(=O)(=O)O)c2)cc1. The van der Waals surface area contributed by atoms with E-state index in [-0.39, 0.29) is 17.0 Å². The summed E-state index contributed by atoms with van der Waals surface area (Å²) < 4.78 is 66.7. The number of rotatable bonds is 7. The molecule has 0 bridgehead atoms. The predicted octanol–water partition coefficient (Wildman–Crippen LogP) is 5.56. The van der Waals surface area contributed by atoms with Gasteiger partial charge in [-0.1, -0.05) is 68.4 Å². The largest absolute Gasteiger partial charge is 0.507 e. The van der Waals surface area contributed by atoms with Gasteiger partial charge in [-0.2, -0.15) is 16.8 Å². The zero-order chi connectivity index (χ0) is 27.8. The van der Waals surface area contributed by atoms with Gasteiger partial charge in [0.15, 0.2) is 0 Å². The first-order valence-electron chi connectivity index (χ1n) is 11.6. The van der Waals surface area contributed by atoms with Gasteiger partial charge in [0.2, 0.25) is 0 Å². The van der Waals surface area contributed by atoms with E-state index >= 15 is 0 Å². The topological polar surface area (TPSA) is 149 Å². The molecule has 4 aromatic carbocycles. The minimum absolute atomic E-state index is 0.144. The zero-order valence-electron chi connectivity index (χ0n) is 20.5. The second-order valence-corrected chi connectivity index (χ2v) is 11.9. The maximum absolute atomic E-state index is 12.1. The summed E-state index contributed by atoms with van der Waals surface area (Å²) in [5.41, 5.74) is 2.92. The Bertz CT molecular complexity index is 1700. The van der Waals surface area contributed by atoms with Crippen molar-refractivity contribution in [2.75, 3.05) is 0 Å². The Balaban J connectivity index is 1.81. The molecule has 0 aliphatic carbocycles. The first kappa shape index (κ1) is 27.3. The molecule has 10 heteroatoms. The number of hydrogen-bond donors (Lipinski definition) is 4. The average molecular weight is 555 g/mol. The van der Waals surface area contributed by atoms with Gasteiger partial charge in [0, 0.05) is 23.0 Å². The maximum atomic E-state index is 12.1. The van der Waals surface area contributed by atoms with Crippen LogP contribution < -0.4 is 0 Å². The third-order valence-electron chi connectivity index (χ3n) is 6.67. The van der Waals surface area contributed by atoms with Crippen molar-refractivity contribution in [2.45, 2.75) is 35.5 Å². The van der Waals surface area contributed by atoms with E-state index in [2.05, 4.69) is 6.92 Å². The second kappa shape index (κ2) is 10.2. The number of phenols is 2. The Morgan fingerprint density at radius 2 is 1.11 bits per heavy atom. The van der Waals surface area contributed by atoms with E-state index in [1.165, 1.54) is 6.07 Å². The van der Waals surface area contributed by atoms with Gasteiger partial charge in [-0.05, 0) is 52.6 Å². The molecule has 0 aliphatic heterocycles. The van der Waals surface area contributed by atoms with E-state index in [4.69, 9.17) is 0 Å². The Morgan fingerprint density at radius 1 is 0.579 bits per heavy atom. The van der Waals surface area contributed by atoms with E-state index < -0.39 is 47.4 Å². The molecule has 0 saturated carbocycles. The lowest BCUT2D eigenvalue weighted by molar-refractivity contribution is 0.442. The highest BCUT2D eigenvalue weighted by Crippen LogP contribution is 2.43. The standard InChI is InChI=1S/C28H26O8S2/c1-17(19-6-4-3-5-7-19)20-8-10-21(11-9-20)18(2)22-14-25(28(30)27(15-22)38(34,35)36)24-16-23(37(31,32)33)12-13-26(24)29/h3-18,29-30H,1-2H3,(H,31,32,33)(H,34,35,36). The Kier molecular flexibility index (Phi) is 7.35. The van der Waals surface area contributed by atoms with Crippen molar-refractivity contribution >= 4 is 20.2 Å². The summed E-state index contributed by atoms with van der Waals surface area (Å²) in [6, 6.07) is 23.1. The van der Waals surface area contributed by atoms with Crippen molar-refractivity contribution in [3.8, 4) is 22.6 Å². The summed E-state index contributed by atoms with van der Waals surface area (Å²) in [6.07, 6.45) is 0. The van der Waals surface area contributed by atoms with Crippen LogP contribution in [0.15, 0.2) is 94.7 Å². The third-order valence-corrected chi connectivity index (χ3v) is 8.38. The fraction of sp³-hybridized carbons (Fsp3) is 0.143. The number of hydrogen-bond acceptors (Lipinski definition) is 6. The molecule has 38 heavy (non-hydrogen) atoms. The molecular formula is C28H26O8S2. The Labute approximate surface area is 221 Å². The minimum Gasteiger partial charge on any atom is -0.507 e. The van der Waals surface area contributed by atoms with Crippen molar-refractivity contribution in [1.29, 1.82) is 0 Å². The molecule has 0 fully saturated rings. The lowest BCUT2D eigenvalue weighted by Gasteiger charge is -2.19. The molecule has 0 aliphatic rings. The lowest BCUT2D eigenvalue weighted by atomic mass is 9.87. The van der Waals surface area contributed by atoms with Gasteiger partial charge in [-0.3, -0.25) is 9.11 Å². The van der Waals surface area contributed by atoms with Crippen LogP contribution >= 0.6 is 0 Å². The lowest BCUT2D eigenvalue weighted by Crippen LogP contribution is -2.05. The van der Waals surface area contributed by atoms with E-state index in [0.717, 1.165) is 41.0 Å². The van der Waals surface area contributed by atoms with E-state index in [0.29, 0.717) is 5.56 Å². The summed E-state index contributed by atoms with van der Waals surface area (Å²) in [4.78, 5) is -1.37. The maximum Gasteiger partial charge on any atom is 0.298 e. The van der Waals surface area contributed by atoms with Crippen molar-refractivity contribution in [3.63, 3.8) is 0 Å². The molecule has 0 saturated heterocycles. The van der Waals surface area contributed by atoms with Crippen LogP contribution in [0.1, 0.15) is 47.9 Å². The summed E-state index contributed by atoms with van der Waals surface area (Å²) in [5.74, 6) is -1.64. The van der Waals surface area contributed by atoms with Crippen LogP contribution in [0.3, 0.4) is 0 Å². The molecule has 4 N–H and O–H groups in total. The van der Waals surface area contributed by atoms with E-state index in [1.807, 2.05) is 54.6 Å². The van der Waals surface area contributed by atoms with Crippen molar-refractivity contribution in [3.05, 3.63) is 107 Å². The number of phenolic OH excluding ortho intramolecular Hbond substituents is 2. The molecule has 198 valence electrons. The summed E-state index contributed by atoms with van der Waals surface area (Å²) >= 11 is 0. The highest BCUT2D eigenvalue weighted by Gasteiger charge is 2.25. The normalized spacial score (nSPS) is 13.7. The van der Waals surface area contributed by atoms with Gasteiger partial charge in [0.05, 0.1) is 4.90 Å². The minimum atomic E-state index is -4.90. The van der Waals surface area contributed by atoms with Crippen molar-refractivity contribution < 1.29 is 36.2 Å². The molecule has 0 spiro atoms. The first-order chi connectivity index (χ1) is 17.8. The zero-order valence-corrected chi connectivity index (χ0v) is 22.1. The van der Waals surface area contributed by atoms with Crippen LogP contribution in [0, 0.1) is 0 Å². The van der Waals surface area contributed by atoms with Crippen LogP contribution in [0.4, 0.5) is 0 Å². The molecule has 4 aromatic rings. The van der Waals surface area contributed by atoms with Gasteiger partial charge < -0.3 is 10.2 Å².